The van der Waals surface area contributed by atoms with Crippen LogP contribution in [0.1, 0.15) is 16.8 Å². The average Bonchev–Trinajstić information content (AvgIpc) is 2.70. The highest BCUT2D eigenvalue weighted by Crippen LogP contribution is 2.32. The van der Waals surface area contributed by atoms with Crippen molar-refractivity contribution >= 4 is 11.6 Å². The topological polar surface area (TPSA) is 64.1 Å². The van der Waals surface area contributed by atoms with Crippen molar-refractivity contribution in [1.82, 2.24) is 9.78 Å². The Balaban J connectivity index is 2.48. The van der Waals surface area contributed by atoms with Gasteiger partial charge in [0.25, 0.3) is 0 Å². The van der Waals surface area contributed by atoms with E-state index >= 15 is 0 Å². The molecule has 1 aromatic heterocycles. The molecule has 4 nitrogen and oxygen atoms in total. The van der Waals surface area contributed by atoms with Gasteiger partial charge in [0.15, 0.2) is 0 Å². The molecular weight excluding hydrogens is 293 g/mol. The Labute approximate surface area is 128 Å². The highest BCUT2D eigenvalue weighted by molar-refractivity contribution is 6.30. The van der Waals surface area contributed by atoms with Crippen LogP contribution in [-0.2, 0) is 18.9 Å². The fourth-order valence-electron chi connectivity index (χ4n) is 2.54. The number of hydrogen-bond acceptors (Lipinski definition) is 3. The SMILES string of the molecule is Cc1nn(C)c(Cl)c1CC(CN)(CO)c1cccc(F)c1. The van der Waals surface area contributed by atoms with E-state index < -0.39 is 5.41 Å². The minimum absolute atomic E-state index is 0.178. The lowest BCUT2D eigenvalue weighted by Gasteiger charge is -2.31. The van der Waals surface area contributed by atoms with Crippen LogP contribution >= 0.6 is 11.6 Å². The molecule has 0 bridgehead atoms. The van der Waals surface area contributed by atoms with Crippen molar-refractivity contribution in [2.45, 2.75) is 18.8 Å². The maximum atomic E-state index is 13.5. The monoisotopic (exact) mass is 311 g/mol. The minimum atomic E-state index is -0.778. The Morgan fingerprint density at radius 3 is 2.67 bits per heavy atom. The van der Waals surface area contributed by atoms with Crippen LogP contribution in [0.25, 0.3) is 0 Å². The second-order valence-corrected chi connectivity index (χ2v) is 5.67. The average molecular weight is 312 g/mol. The van der Waals surface area contributed by atoms with E-state index in [1.807, 2.05) is 6.92 Å². The molecule has 3 N–H and O–H groups in total. The van der Waals surface area contributed by atoms with Crippen molar-refractivity contribution < 1.29 is 9.50 Å². The second kappa shape index (κ2) is 6.13. The molecule has 2 aromatic rings. The quantitative estimate of drug-likeness (QED) is 0.887. The molecule has 0 radical (unpaired) electrons. The van der Waals surface area contributed by atoms with E-state index in [9.17, 15) is 9.50 Å². The Bertz CT molecular complexity index is 638. The molecule has 1 atom stereocenters. The van der Waals surface area contributed by atoms with Crippen LogP contribution in [0, 0.1) is 12.7 Å². The van der Waals surface area contributed by atoms with E-state index in [0.29, 0.717) is 17.1 Å². The summed E-state index contributed by atoms with van der Waals surface area (Å²) in [6, 6.07) is 6.15. The van der Waals surface area contributed by atoms with Crippen molar-refractivity contribution in [1.29, 1.82) is 0 Å². The first-order valence-electron chi connectivity index (χ1n) is 6.68. The van der Waals surface area contributed by atoms with Crippen LogP contribution in [0.3, 0.4) is 0 Å². The van der Waals surface area contributed by atoms with Crippen molar-refractivity contribution in [2.75, 3.05) is 13.2 Å². The molecule has 2 rings (SSSR count). The standard InChI is InChI=1S/C15H19ClFN3O/c1-10-13(14(16)20(2)19-10)7-15(8-18,9-21)11-4-3-5-12(17)6-11/h3-6,21H,7-9,18H2,1-2H3. The zero-order chi connectivity index (χ0) is 15.6. The van der Waals surface area contributed by atoms with Crippen LogP contribution in [0.15, 0.2) is 24.3 Å². The molecule has 0 aliphatic rings. The second-order valence-electron chi connectivity index (χ2n) is 5.31. The molecule has 0 spiro atoms. The highest BCUT2D eigenvalue weighted by atomic mass is 35.5. The number of hydrogen-bond donors (Lipinski definition) is 2. The summed E-state index contributed by atoms with van der Waals surface area (Å²) < 4.78 is 15.1. The highest BCUT2D eigenvalue weighted by Gasteiger charge is 2.33. The molecule has 0 saturated heterocycles. The molecule has 0 aliphatic carbocycles. The Kier molecular flexibility index (Phi) is 4.66. The number of aromatic nitrogens is 2. The molecular formula is C15H19ClFN3O. The van der Waals surface area contributed by atoms with Crippen molar-refractivity contribution in [3.63, 3.8) is 0 Å². The van der Waals surface area contributed by atoms with Crippen molar-refractivity contribution in [3.05, 3.63) is 52.1 Å². The van der Waals surface area contributed by atoms with Gasteiger partial charge in [-0.1, -0.05) is 23.7 Å². The Morgan fingerprint density at radius 1 is 1.48 bits per heavy atom. The zero-order valence-electron chi connectivity index (χ0n) is 12.1. The lowest BCUT2D eigenvalue weighted by Crippen LogP contribution is -2.41. The molecule has 0 amide bonds. The predicted molar refractivity (Wildman–Crippen MR) is 80.9 cm³/mol. The van der Waals surface area contributed by atoms with Gasteiger partial charge in [-0.2, -0.15) is 5.10 Å². The number of halogens is 2. The third-order valence-corrected chi connectivity index (χ3v) is 4.39. The number of benzene rings is 1. The fraction of sp³-hybridized carbons (Fsp3) is 0.400. The van der Waals surface area contributed by atoms with Gasteiger partial charge in [0.1, 0.15) is 11.0 Å². The number of aryl methyl sites for hydroxylation is 2. The van der Waals surface area contributed by atoms with Crippen molar-refractivity contribution in [2.24, 2.45) is 12.8 Å². The Morgan fingerprint density at radius 2 is 2.19 bits per heavy atom. The van der Waals surface area contributed by atoms with Crippen LogP contribution in [0.4, 0.5) is 4.39 Å². The van der Waals surface area contributed by atoms with Gasteiger partial charge in [-0.15, -0.1) is 0 Å². The molecule has 6 heteroatoms. The number of nitrogens with two attached hydrogens (primary N) is 1. The summed E-state index contributed by atoms with van der Waals surface area (Å²) in [5, 5.41) is 14.7. The van der Waals surface area contributed by atoms with Crippen molar-refractivity contribution in [3.8, 4) is 0 Å². The molecule has 1 aromatic carbocycles. The van der Waals surface area contributed by atoms with Crippen LogP contribution in [-0.4, -0.2) is 28.0 Å². The van der Waals surface area contributed by atoms with Gasteiger partial charge in [0, 0.05) is 24.6 Å². The Hall–Kier alpha value is -1.43. The summed E-state index contributed by atoms with van der Waals surface area (Å²) >= 11 is 6.26. The fourth-order valence-corrected chi connectivity index (χ4v) is 2.78. The van der Waals surface area contributed by atoms with Gasteiger partial charge in [-0.25, -0.2) is 4.39 Å². The zero-order valence-corrected chi connectivity index (χ0v) is 12.9. The first kappa shape index (κ1) is 15.9. The summed E-state index contributed by atoms with van der Waals surface area (Å²) in [5.41, 5.74) is 7.39. The smallest absolute Gasteiger partial charge is 0.130 e. The minimum Gasteiger partial charge on any atom is -0.395 e. The normalized spacial score (nSPS) is 14.2. The summed E-state index contributed by atoms with van der Waals surface area (Å²) in [6.07, 6.45) is 0.405. The third-order valence-electron chi connectivity index (χ3n) is 3.92. The predicted octanol–water partition coefficient (Wildman–Crippen LogP) is 1.95. The van der Waals surface area contributed by atoms with Gasteiger partial charge in [-0.05, 0) is 31.0 Å². The maximum Gasteiger partial charge on any atom is 0.130 e. The van der Waals surface area contributed by atoms with Crippen LogP contribution in [0.2, 0.25) is 5.15 Å². The number of aliphatic hydroxyl groups excluding tert-OH is 1. The number of aliphatic hydroxyl groups is 1. The summed E-state index contributed by atoms with van der Waals surface area (Å²) in [5.74, 6) is -0.354. The van der Waals surface area contributed by atoms with E-state index in [0.717, 1.165) is 11.3 Å². The first-order valence-corrected chi connectivity index (χ1v) is 7.06. The molecule has 0 aliphatic heterocycles. The summed E-state index contributed by atoms with van der Waals surface area (Å²) in [6.45, 7) is 1.83. The third kappa shape index (κ3) is 2.95. The summed E-state index contributed by atoms with van der Waals surface area (Å²) in [4.78, 5) is 0. The molecule has 21 heavy (non-hydrogen) atoms. The van der Waals surface area contributed by atoms with Gasteiger partial charge < -0.3 is 10.8 Å². The largest absolute Gasteiger partial charge is 0.395 e. The summed E-state index contributed by atoms with van der Waals surface area (Å²) in [7, 11) is 1.75. The molecule has 1 unspecified atom stereocenters. The molecule has 1 heterocycles. The maximum absolute atomic E-state index is 13.5. The lowest BCUT2D eigenvalue weighted by atomic mass is 9.76. The molecule has 114 valence electrons. The van der Waals surface area contributed by atoms with E-state index in [1.165, 1.54) is 12.1 Å². The van der Waals surface area contributed by atoms with Gasteiger partial charge in [0.05, 0.1) is 12.3 Å². The number of nitrogens with zero attached hydrogens (tertiary/aromatic N) is 2. The van der Waals surface area contributed by atoms with Crippen LogP contribution < -0.4 is 5.73 Å². The first-order chi connectivity index (χ1) is 9.93. The molecule has 0 saturated carbocycles. The lowest BCUT2D eigenvalue weighted by molar-refractivity contribution is 0.195. The van der Waals surface area contributed by atoms with E-state index in [2.05, 4.69) is 5.10 Å². The van der Waals surface area contributed by atoms with Gasteiger partial charge >= 0.3 is 0 Å². The van der Waals surface area contributed by atoms with Gasteiger partial charge in [-0.3, -0.25) is 4.68 Å². The van der Waals surface area contributed by atoms with E-state index in [1.54, 1.807) is 23.9 Å². The van der Waals surface area contributed by atoms with Crippen LogP contribution in [0.5, 0.6) is 0 Å². The van der Waals surface area contributed by atoms with E-state index in [4.69, 9.17) is 17.3 Å². The van der Waals surface area contributed by atoms with E-state index in [-0.39, 0.29) is 19.0 Å². The molecule has 0 fully saturated rings. The number of rotatable bonds is 5. The van der Waals surface area contributed by atoms with Gasteiger partial charge in [0.2, 0.25) is 0 Å².